The first-order chi connectivity index (χ1) is 13.8. The highest BCUT2D eigenvalue weighted by atomic mass is 32.2. The van der Waals surface area contributed by atoms with Crippen molar-refractivity contribution in [3.8, 4) is 5.69 Å². The van der Waals surface area contributed by atoms with E-state index in [4.69, 9.17) is 0 Å². The van der Waals surface area contributed by atoms with Gasteiger partial charge in [0.2, 0.25) is 0 Å². The van der Waals surface area contributed by atoms with E-state index in [1.165, 1.54) is 16.1 Å². The van der Waals surface area contributed by atoms with Crippen LogP contribution >= 0.6 is 11.8 Å². The molecule has 1 atom stereocenters. The second-order valence-corrected chi connectivity index (χ2v) is 8.88. The van der Waals surface area contributed by atoms with Crippen LogP contribution in [0.3, 0.4) is 0 Å². The number of likely N-dealkylation sites (N-methyl/N-ethyl adjacent to an activating group) is 1. The zero-order chi connectivity index (χ0) is 18.9. The van der Waals surface area contributed by atoms with E-state index in [0.29, 0.717) is 5.25 Å². The molecule has 5 nitrogen and oxygen atoms in total. The average Bonchev–Trinajstić information content (AvgIpc) is 3.03. The van der Waals surface area contributed by atoms with Crippen LogP contribution in [0.15, 0.2) is 59.5 Å². The van der Waals surface area contributed by atoms with E-state index in [9.17, 15) is 0 Å². The monoisotopic (exact) mass is 391 g/mol. The van der Waals surface area contributed by atoms with Crippen LogP contribution in [0.1, 0.15) is 22.5 Å². The average molecular weight is 392 g/mol. The number of para-hydroxylation sites is 1. The van der Waals surface area contributed by atoms with Crippen molar-refractivity contribution < 1.29 is 0 Å². The quantitative estimate of drug-likeness (QED) is 0.684. The van der Waals surface area contributed by atoms with E-state index >= 15 is 0 Å². The summed E-state index contributed by atoms with van der Waals surface area (Å²) in [6, 6.07) is 19.4. The molecule has 0 spiro atoms. The minimum Gasteiger partial charge on any atom is -0.304 e. The molecule has 2 aromatic carbocycles. The van der Waals surface area contributed by atoms with E-state index in [1.54, 1.807) is 0 Å². The number of hydrogen-bond donors (Lipinski definition) is 0. The maximum atomic E-state index is 4.63. The Morgan fingerprint density at radius 2 is 1.68 bits per heavy atom. The van der Waals surface area contributed by atoms with E-state index < -0.39 is 0 Å². The second kappa shape index (κ2) is 7.70. The minimum atomic E-state index is 0.351. The predicted octanol–water partition coefficient (Wildman–Crippen LogP) is 3.40. The highest BCUT2D eigenvalue weighted by molar-refractivity contribution is 7.99. The van der Waals surface area contributed by atoms with Gasteiger partial charge in [0.05, 0.1) is 12.2 Å². The molecule has 1 aromatic heterocycles. The Kier molecular flexibility index (Phi) is 4.93. The molecule has 5 rings (SSSR count). The van der Waals surface area contributed by atoms with Gasteiger partial charge in [-0.15, -0.1) is 22.0 Å². The Labute approximate surface area is 170 Å². The molecule has 1 fully saturated rings. The molecule has 2 aliphatic rings. The van der Waals surface area contributed by atoms with Gasteiger partial charge in [-0.1, -0.05) is 42.5 Å². The summed E-state index contributed by atoms with van der Waals surface area (Å²) in [6.07, 6.45) is 0.888. The molecule has 2 aliphatic heterocycles. The van der Waals surface area contributed by atoms with Crippen LogP contribution < -0.4 is 0 Å². The third kappa shape index (κ3) is 3.48. The summed E-state index contributed by atoms with van der Waals surface area (Å²) in [5.74, 6) is 2.12. The first kappa shape index (κ1) is 17.9. The van der Waals surface area contributed by atoms with Crippen LogP contribution in [0, 0.1) is 0 Å². The van der Waals surface area contributed by atoms with Crippen LogP contribution in [0.4, 0.5) is 0 Å². The van der Waals surface area contributed by atoms with Crippen LogP contribution in [-0.2, 0) is 13.0 Å². The highest BCUT2D eigenvalue weighted by Gasteiger charge is 2.27. The molecule has 0 saturated carbocycles. The number of aromatic nitrogens is 3. The van der Waals surface area contributed by atoms with Crippen LogP contribution in [0.5, 0.6) is 0 Å². The standard InChI is InChI=1S/C22H25N5S/c1-25-11-13-26(14-12-25)16-22-24-23-21-15-20(17-7-3-2-4-8-17)28-19-10-6-5-9-18(19)27(21)22/h2-10,20H,11-16H2,1H3. The second-order valence-electron chi connectivity index (χ2n) is 7.64. The Hall–Kier alpha value is -2.15. The Morgan fingerprint density at radius 1 is 0.929 bits per heavy atom. The number of thioether (sulfide) groups is 1. The topological polar surface area (TPSA) is 37.2 Å². The zero-order valence-corrected chi connectivity index (χ0v) is 17.0. The van der Waals surface area contributed by atoms with E-state index in [2.05, 4.69) is 86.2 Å². The number of rotatable bonds is 3. The largest absolute Gasteiger partial charge is 0.304 e. The molecule has 0 N–H and O–H groups in total. The summed E-state index contributed by atoms with van der Waals surface area (Å²) in [4.78, 5) is 6.18. The number of nitrogens with zero attached hydrogens (tertiary/aromatic N) is 5. The summed E-state index contributed by atoms with van der Waals surface area (Å²) >= 11 is 1.94. The molecule has 28 heavy (non-hydrogen) atoms. The van der Waals surface area contributed by atoms with Crippen LogP contribution in [0.25, 0.3) is 5.69 Å². The molecule has 0 amide bonds. The molecule has 3 heterocycles. The van der Waals surface area contributed by atoms with Crippen molar-refractivity contribution in [2.45, 2.75) is 23.1 Å². The molecule has 0 bridgehead atoms. The van der Waals surface area contributed by atoms with E-state index in [0.717, 1.165) is 50.8 Å². The van der Waals surface area contributed by atoms with Gasteiger partial charge in [0.15, 0.2) is 5.82 Å². The number of benzene rings is 2. The van der Waals surface area contributed by atoms with E-state index in [-0.39, 0.29) is 0 Å². The van der Waals surface area contributed by atoms with E-state index in [1.807, 2.05) is 11.8 Å². The van der Waals surface area contributed by atoms with Gasteiger partial charge in [-0.05, 0) is 24.7 Å². The van der Waals surface area contributed by atoms with Crippen molar-refractivity contribution in [2.24, 2.45) is 0 Å². The lowest BCUT2D eigenvalue weighted by molar-refractivity contribution is 0.145. The van der Waals surface area contributed by atoms with Gasteiger partial charge in [-0.2, -0.15) is 0 Å². The normalized spacial score (nSPS) is 20.4. The van der Waals surface area contributed by atoms with Gasteiger partial charge in [-0.3, -0.25) is 9.47 Å². The van der Waals surface area contributed by atoms with Crippen molar-refractivity contribution in [3.05, 3.63) is 71.8 Å². The first-order valence-corrected chi connectivity index (χ1v) is 10.8. The molecular weight excluding hydrogens is 366 g/mol. The lowest BCUT2D eigenvalue weighted by Crippen LogP contribution is -2.44. The summed E-state index contributed by atoms with van der Waals surface area (Å²) in [5, 5.41) is 9.61. The lowest BCUT2D eigenvalue weighted by atomic mass is 10.1. The van der Waals surface area contributed by atoms with Gasteiger partial charge in [0, 0.05) is 42.7 Å². The smallest absolute Gasteiger partial charge is 0.151 e. The summed E-state index contributed by atoms with van der Waals surface area (Å²) in [5.41, 5.74) is 2.56. The molecule has 0 radical (unpaired) electrons. The number of piperazine rings is 1. The highest BCUT2D eigenvalue weighted by Crippen LogP contribution is 2.43. The lowest BCUT2D eigenvalue weighted by Gasteiger charge is -2.32. The SMILES string of the molecule is CN1CCN(Cc2nnc3n2-c2ccccc2SC(c2ccccc2)C3)CC1. The van der Waals surface area contributed by atoms with Gasteiger partial charge in [0.1, 0.15) is 5.82 Å². The van der Waals surface area contributed by atoms with Crippen molar-refractivity contribution in [3.63, 3.8) is 0 Å². The molecule has 1 unspecified atom stereocenters. The fourth-order valence-corrected chi connectivity index (χ4v) is 5.30. The predicted molar refractivity (Wildman–Crippen MR) is 113 cm³/mol. The Balaban J connectivity index is 1.51. The summed E-state index contributed by atoms with van der Waals surface area (Å²) in [6.45, 7) is 5.26. The van der Waals surface area contributed by atoms with Crippen molar-refractivity contribution >= 4 is 11.8 Å². The molecule has 144 valence electrons. The maximum absolute atomic E-state index is 4.63. The van der Waals surface area contributed by atoms with Gasteiger partial charge < -0.3 is 4.90 Å². The summed E-state index contributed by atoms with van der Waals surface area (Å²) < 4.78 is 2.31. The number of fused-ring (bicyclic) bond motifs is 3. The Morgan fingerprint density at radius 3 is 2.50 bits per heavy atom. The molecule has 1 saturated heterocycles. The fourth-order valence-electron chi connectivity index (χ4n) is 4.03. The third-order valence-corrected chi connectivity index (χ3v) is 7.00. The Bertz CT molecular complexity index is 947. The van der Waals surface area contributed by atoms with Gasteiger partial charge in [0.25, 0.3) is 0 Å². The third-order valence-electron chi connectivity index (χ3n) is 5.67. The van der Waals surface area contributed by atoms with Gasteiger partial charge in [-0.25, -0.2) is 0 Å². The minimum absolute atomic E-state index is 0.351. The fraction of sp³-hybridized carbons (Fsp3) is 0.364. The van der Waals surface area contributed by atoms with Crippen molar-refractivity contribution in [1.82, 2.24) is 24.6 Å². The summed E-state index contributed by atoms with van der Waals surface area (Å²) in [7, 11) is 2.19. The zero-order valence-electron chi connectivity index (χ0n) is 16.2. The number of hydrogen-bond acceptors (Lipinski definition) is 5. The van der Waals surface area contributed by atoms with Crippen LogP contribution in [-0.4, -0.2) is 57.8 Å². The maximum Gasteiger partial charge on any atom is 0.151 e. The molecule has 0 aliphatic carbocycles. The first-order valence-electron chi connectivity index (χ1n) is 9.93. The molecule has 6 heteroatoms. The van der Waals surface area contributed by atoms with Crippen molar-refractivity contribution in [1.29, 1.82) is 0 Å². The van der Waals surface area contributed by atoms with Gasteiger partial charge >= 0.3 is 0 Å². The van der Waals surface area contributed by atoms with Crippen LogP contribution in [0.2, 0.25) is 0 Å². The molecular formula is C22H25N5S. The van der Waals surface area contributed by atoms with Crippen molar-refractivity contribution in [2.75, 3.05) is 33.2 Å². The molecule has 3 aromatic rings.